The maximum absolute atomic E-state index is 13.0. The number of rotatable bonds is 10. The molecule has 1 aromatic heterocycles. The van der Waals surface area contributed by atoms with Crippen molar-refractivity contribution < 1.29 is 22.6 Å². The van der Waals surface area contributed by atoms with E-state index < -0.39 is 11.7 Å². The summed E-state index contributed by atoms with van der Waals surface area (Å²) < 4.78 is 49.8. The molecule has 2 rings (SSSR count). The van der Waals surface area contributed by atoms with Crippen LogP contribution in [0.5, 0.6) is 5.75 Å². The molecule has 32 heavy (non-hydrogen) atoms. The Bertz CT molecular complexity index is 866. The summed E-state index contributed by atoms with van der Waals surface area (Å²) in [7, 11) is 3.23. The number of ether oxygens (including phenoxy) is 2. The summed E-state index contributed by atoms with van der Waals surface area (Å²) in [5.41, 5.74) is 1.24. The van der Waals surface area contributed by atoms with Crippen molar-refractivity contribution in [2.24, 2.45) is 4.99 Å². The molecule has 0 saturated carbocycles. The molecule has 0 saturated heterocycles. The van der Waals surface area contributed by atoms with Crippen LogP contribution in [0, 0.1) is 6.92 Å². The van der Waals surface area contributed by atoms with E-state index in [1.165, 1.54) is 12.3 Å². The second kappa shape index (κ2) is 14.0. The number of aryl methyl sites for hydroxylation is 1. The fourth-order valence-corrected chi connectivity index (χ4v) is 2.71. The standard InChI is InChI=1S/C21H28F3N5O2.HI/c1-15-6-7-16(18(13-15)31-12-11-30-3)14-29-20(25-2)28-10-9-27-19-17(21(22,23)24)5-4-8-26-19;/h4-8,13H,9-12,14H2,1-3H3,(H,26,27)(H2,25,28,29);1H. The van der Waals surface area contributed by atoms with Gasteiger partial charge in [-0.1, -0.05) is 12.1 Å². The van der Waals surface area contributed by atoms with Crippen molar-refractivity contribution in [3.05, 3.63) is 53.2 Å². The third kappa shape index (κ3) is 9.07. The third-order valence-electron chi connectivity index (χ3n) is 4.26. The van der Waals surface area contributed by atoms with Crippen LogP contribution in [0.3, 0.4) is 0 Å². The van der Waals surface area contributed by atoms with Gasteiger partial charge in [-0.2, -0.15) is 13.2 Å². The van der Waals surface area contributed by atoms with E-state index in [2.05, 4.69) is 25.9 Å². The molecule has 0 spiro atoms. The van der Waals surface area contributed by atoms with Gasteiger partial charge in [0, 0.05) is 45.6 Å². The molecular weight excluding hydrogens is 538 g/mol. The van der Waals surface area contributed by atoms with Gasteiger partial charge in [-0.15, -0.1) is 24.0 Å². The van der Waals surface area contributed by atoms with Crippen LogP contribution in [0.4, 0.5) is 19.0 Å². The zero-order valence-electron chi connectivity index (χ0n) is 18.3. The predicted octanol–water partition coefficient (Wildman–Crippen LogP) is 3.83. The fourth-order valence-electron chi connectivity index (χ4n) is 2.71. The minimum Gasteiger partial charge on any atom is -0.491 e. The van der Waals surface area contributed by atoms with Crippen LogP contribution in [-0.4, -0.2) is 51.4 Å². The maximum Gasteiger partial charge on any atom is 0.419 e. The van der Waals surface area contributed by atoms with Crippen LogP contribution in [0.2, 0.25) is 0 Å². The average Bonchev–Trinajstić information content (AvgIpc) is 2.74. The number of hydrogen-bond donors (Lipinski definition) is 3. The number of benzene rings is 1. The summed E-state index contributed by atoms with van der Waals surface area (Å²) in [6.45, 7) is 3.96. The highest BCUT2D eigenvalue weighted by Gasteiger charge is 2.33. The summed E-state index contributed by atoms with van der Waals surface area (Å²) in [5, 5.41) is 8.94. The molecule has 7 nitrogen and oxygen atoms in total. The molecule has 0 bridgehead atoms. The molecule has 0 radical (unpaired) electrons. The van der Waals surface area contributed by atoms with Crippen molar-refractivity contribution in [3.8, 4) is 5.75 Å². The smallest absolute Gasteiger partial charge is 0.419 e. The number of nitrogens with one attached hydrogen (secondary N) is 3. The largest absolute Gasteiger partial charge is 0.491 e. The molecule has 0 atom stereocenters. The quantitative estimate of drug-likeness (QED) is 0.175. The first-order valence-corrected chi connectivity index (χ1v) is 9.77. The molecule has 1 aromatic carbocycles. The molecule has 0 aliphatic carbocycles. The minimum absolute atomic E-state index is 0. The molecule has 0 unspecified atom stereocenters. The van der Waals surface area contributed by atoms with Crippen LogP contribution in [0.1, 0.15) is 16.7 Å². The van der Waals surface area contributed by atoms with Crippen molar-refractivity contribution in [2.75, 3.05) is 45.8 Å². The lowest BCUT2D eigenvalue weighted by Crippen LogP contribution is -2.39. The molecule has 3 N–H and O–H groups in total. The number of methoxy groups -OCH3 is 1. The van der Waals surface area contributed by atoms with Gasteiger partial charge in [0.2, 0.25) is 0 Å². The number of hydrogen-bond acceptors (Lipinski definition) is 5. The molecule has 0 amide bonds. The highest BCUT2D eigenvalue weighted by atomic mass is 127. The maximum atomic E-state index is 13.0. The first-order valence-electron chi connectivity index (χ1n) is 9.77. The first-order chi connectivity index (χ1) is 14.8. The lowest BCUT2D eigenvalue weighted by atomic mass is 10.1. The second-order valence-electron chi connectivity index (χ2n) is 6.63. The fraction of sp³-hybridized carbons (Fsp3) is 0.429. The molecule has 1 heterocycles. The lowest BCUT2D eigenvalue weighted by Gasteiger charge is -2.16. The van der Waals surface area contributed by atoms with E-state index in [0.29, 0.717) is 32.3 Å². The van der Waals surface area contributed by atoms with Crippen LogP contribution in [0.25, 0.3) is 0 Å². The summed E-state index contributed by atoms with van der Waals surface area (Å²) in [4.78, 5) is 7.92. The summed E-state index contributed by atoms with van der Waals surface area (Å²) in [5.74, 6) is 1.08. The molecule has 178 valence electrons. The summed E-state index contributed by atoms with van der Waals surface area (Å²) in [6, 6.07) is 8.18. The van der Waals surface area contributed by atoms with E-state index >= 15 is 0 Å². The topological polar surface area (TPSA) is 79.8 Å². The van der Waals surface area contributed by atoms with E-state index in [9.17, 15) is 13.2 Å². The number of pyridine rings is 1. The number of nitrogens with zero attached hydrogens (tertiary/aromatic N) is 2. The number of anilines is 1. The molecule has 2 aromatic rings. The monoisotopic (exact) mass is 567 g/mol. The average molecular weight is 567 g/mol. The van der Waals surface area contributed by atoms with E-state index in [0.717, 1.165) is 22.9 Å². The van der Waals surface area contributed by atoms with Crippen molar-refractivity contribution in [1.82, 2.24) is 15.6 Å². The van der Waals surface area contributed by atoms with Crippen molar-refractivity contribution in [3.63, 3.8) is 0 Å². The van der Waals surface area contributed by atoms with Crippen molar-refractivity contribution in [1.29, 1.82) is 0 Å². The van der Waals surface area contributed by atoms with Gasteiger partial charge in [-0.05, 0) is 30.7 Å². The Morgan fingerprint density at radius 3 is 2.59 bits per heavy atom. The van der Waals surface area contributed by atoms with E-state index in [1.54, 1.807) is 14.2 Å². The number of guanidine groups is 1. The van der Waals surface area contributed by atoms with Gasteiger partial charge < -0.3 is 25.4 Å². The van der Waals surface area contributed by atoms with Gasteiger partial charge in [0.15, 0.2) is 5.96 Å². The molecule has 0 aliphatic heterocycles. The number of halogens is 4. The first kappa shape index (κ1) is 27.8. The Kier molecular flexibility index (Phi) is 12.1. The van der Waals surface area contributed by atoms with Gasteiger partial charge in [0.25, 0.3) is 0 Å². The molecule has 0 fully saturated rings. The second-order valence-corrected chi connectivity index (χ2v) is 6.63. The normalized spacial score (nSPS) is 11.5. The molecule has 0 aliphatic rings. The van der Waals surface area contributed by atoms with E-state index in [1.807, 2.05) is 25.1 Å². The van der Waals surface area contributed by atoms with E-state index in [4.69, 9.17) is 9.47 Å². The van der Waals surface area contributed by atoms with Crippen molar-refractivity contribution in [2.45, 2.75) is 19.6 Å². The zero-order valence-corrected chi connectivity index (χ0v) is 20.6. The van der Waals surface area contributed by atoms with Gasteiger partial charge >= 0.3 is 6.18 Å². The lowest BCUT2D eigenvalue weighted by molar-refractivity contribution is -0.137. The van der Waals surface area contributed by atoms with Crippen molar-refractivity contribution >= 4 is 35.8 Å². The molecule has 11 heteroatoms. The van der Waals surface area contributed by atoms with Crippen LogP contribution in [-0.2, 0) is 17.5 Å². The van der Waals surface area contributed by atoms with Gasteiger partial charge in [-0.3, -0.25) is 4.99 Å². The van der Waals surface area contributed by atoms with Crippen LogP contribution >= 0.6 is 24.0 Å². The number of aliphatic imine (C=N–C) groups is 1. The number of alkyl halides is 3. The predicted molar refractivity (Wildman–Crippen MR) is 130 cm³/mol. The Morgan fingerprint density at radius 1 is 1.12 bits per heavy atom. The Hall–Kier alpha value is -2.28. The molecular formula is C21H29F3IN5O2. The Morgan fingerprint density at radius 2 is 1.91 bits per heavy atom. The zero-order chi connectivity index (χ0) is 22.7. The Balaban J connectivity index is 0.00000512. The highest BCUT2D eigenvalue weighted by molar-refractivity contribution is 14.0. The van der Waals surface area contributed by atoms with Crippen LogP contribution < -0.4 is 20.7 Å². The van der Waals surface area contributed by atoms with E-state index in [-0.39, 0.29) is 36.3 Å². The summed E-state index contributed by atoms with van der Waals surface area (Å²) in [6.07, 6.45) is -3.14. The SMILES string of the molecule is CN=C(NCCNc1ncccc1C(F)(F)F)NCc1ccc(C)cc1OCCOC.I. The summed E-state index contributed by atoms with van der Waals surface area (Å²) >= 11 is 0. The minimum atomic E-state index is -4.46. The van der Waals surface area contributed by atoms with Gasteiger partial charge in [-0.25, -0.2) is 4.98 Å². The highest BCUT2D eigenvalue weighted by Crippen LogP contribution is 2.33. The Labute approximate surface area is 203 Å². The third-order valence-corrected chi connectivity index (χ3v) is 4.26. The van der Waals surface area contributed by atoms with Crippen LogP contribution in [0.15, 0.2) is 41.5 Å². The number of aromatic nitrogens is 1. The van der Waals surface area contributed by atoms with Gasteiger partial charge in [0.05, 0.1) is 12.2 Å². The van der Waals surface area contributed by atoms with Gasteiger partial charge in [0.1, 0.15) is 18.2 Å².